The molecule has 0 radical (unpaired) electrons. The Bertz CT molecular complexity index is 499. The number of carbonyl (C=O) groups is 1. The SMILES string of the molecule is Cc1ccc(NC(=O)N(CCC#N)C(C)C2CC2)cc1. The summed E-state index contributed by atoms with van der Waals surface area (Å²) in [5.41, 5.74) is 1.96. The van der Waals surface area contributed by atoms with Crippen molar-refractivity contribution in [1.82, 2.24) is 4.90 Å². The van der Waals surface area contributed by atoms with E-state index in [9.17, 15) is 4.79 Å². The number of anilines is 1. The van der Waals surface area contributed by atoms with E-state index in [-0.39, 0.29) is 12.1 Å². The summed E-state index contributed by atoms with van der Waals surface area (Å²) in [6.45, 7) is 4.58. The first-order valence-corrected chi connectivity index (χ1v) is 7.13. The van der Waals surface area contributed by atoms with Crippen LogP contribution >= 0.6 is 0 Å². The molecule has 1 unspecified atom stereocenters. The molecule has 1 saturated carbocycles. The van der Waals surface area contributed by atoms with Gasteiger partial charge < -0.3 is 10.2 Å². The third-order valence-electron chi connectivity index (χ3n) is 3.82. The normalized spacial score (nSPS) is 15.2. The standard InChI is InChI=1S/C16H21N3O/c1-12-4-8-15(9-5-12)18-16(20)19(11-3-10-17)13(2)14-6-7-14/h4-5,8-9,13-14H,3,6-7,11H2,1-2H3,(H,18,20). The Morgan fingerprint density at radius 3 is 2.65 bits per heavy atom. The summed E-state index contributed by atoms with van der Waals surface area (Å²) in [5.74, 6) is 0.595. The highest BCUT2D eigenvalue weighted by molar-refractivity contribution is 5.89. The number of rotatable bonds is 5. The zero-order valence-electron chi connectivity index (χ0n) is 12.1. The Kier molecular flexibility index (Phi) is 4.62. The van der Waals surface area contributed by atoms with Gasteiger partial charge in [-0.15, -0.1) is 0 Å². The third kappa shape index (κ3) is 3.74. The quantitative estimate of drug-likeness (QED) is 0.890. The molecule has 20 heavy (non-hydrogen) atoms. The topological polar surface area (TPSA) is 56.1 Å². The largest absolute Gasteiger partial charge is 0.322 e. The maximum atomic E-state index is 12.4. The van der Waals surface area contributed by atoms with Crippen LogP contribution < -0.4 is 5.32 Å². The number of nitrogens with one attached hydrogen (secondary N) is 1. The first-order valence-electron chi connectivity index (χ1n) is 7.13. The van der Waals surface area contributed by atoms with Gasteiger partial charge in [0.1, 0.15) is 0 Å². The fourth-order valence-corrected chi connectivity index (χ4v) is 2.33. The van der Waals surface area contributed by atoms with Crippen LogP contribution in [0.2, 0.25) is 0 Å². The fraction of sp³-hybridized carbons (Fsp3) is 0.500. The molecule has 0 bridgehead atoms. The Morgan fingerprint density at radius 1 is 1.45 bits per heavy atom. The van der Waals surface area contributed by atoms with Crippen molar-refractivity contribution in [2.45, 2.75) is 39.2 Å². The molecule has 0 aromatic heterocycles. The van der Waals surface area contributed by atoms with Crippen LogP contribution in [0.15, 0.2) is 24.3 Å². The van der Waals surface area contributed by atoms with Gasteiger partial charge >= 0.3 is 6.03 Å². The third-order valence-corrected chi connectivity index (χ3v) is 3.82. The van der Waals surface area contributed by atoms with Crippen molar-refractivity contribution in [2.75, 3.05) is 11.9 Å². The van der Waals surface area contributed by atoms with Crippen molar-refractivity contribution in [2.24, 2.45) is 5.92 Å². The molecule has 0 saturated heterocycles. The van der Waals surface area contributed by atoms with E-state index in [4.69, 9.17) is 5.26 Å². The van der Waals surface area contributed by atoms with Crippen LogP contribution in [-0.2, 0) is 0 Å². The molecule has 1 N–H and O–H groups in total. The number of benzene rings is 1. The molecule has 1 fully saturated rings. The Balaban J connectivity index is 2.01. The number of aryl methyl sites for hydroxylation is 1. The predicted octanol–water partition coefficient (Wildman–Crippen LogP) is 3.54. The van der Waals surface area contributed by atoms with Gasteiger partial charge in [-0.2, -0.15) is 5.26 Å². The van der Waals surface area contributed by atoms with E-state index in [1.165, 1.54) is 12.8 Å². The second-order valence-corrected chi connectivity index (χ2v) is 5.48. The molecule has 0 aliphatic heterocycles. The Morgan fingerprint density at radius 2 is 2.10 bits per heavy atom. The summed E-state index contributed by atoms with van der Waals surface area (Å²) in [6, 6.07) is 9.96. The zero-order valence-corrected chi connectivity index (χ0v) is 12.1. The van der Waals surface area contributed by atoms with E-state index in [1.54, 1.807) is 4.90 Å². The van der Waals surface area contributed by atoms with Gasteiger partial charge in [0.25, 0.3) is 0 Å². The van der Waals surface area contributed by atoms with Crippen LogP contribution in [0.1, 0.15) is 31.7 Å². The molecule has 0 spiro atoms. The molecule has 2 rings (SSSR count). The van der Waals surface area contributed by atoms with Crippen LogP contribution in [0.4, 0.5) is 10.5 Å². The number of nitriles is 1. The second kappa shape index (κ2) is 6.42. The lowest BCUT2D eigenvalue weighted by Crippen LogP contribution is -2.43. The maximum Gasteiger partial charge on any atom is 0.322 e. The van der Waals surface area contributed by atoms with Gasteiger partial charge in [-0.25, -0.2) is 4.79 Å². The summed E-state index contributed by atoms with van der Waals surface area (Å²) in [6.07, 6.45) is 2.74. The number of carbonyl (C=O) groups excluding carboxylic acids is 1. The zero-order chi connectivity index (χ0) is 14.5. The molecular weight excluding hydrogens is 250 g/mol. The monoisotopic (exact) mass is 271 g/mol. The lowest BCUT2D eigenvalue weighted by Gasteiger charge is -2.28. The highest BCUT2D eigenvalue weighted by Crippen LogP contribution is 2.35. The average Bonchev–Trinajstić information content (AvgIpc) is 3.26. The summed E-state index contributed by atoms with van der Waals surface area (Å²) < 4.78 is 0. The van der Waals surface area contributed by atoms with E-state index >= 15 is 0 Å². The molecule has 1 atom stereocenters. The number of hydrogen-bond donors (Lipinski definition) is 1. The van der Waals surface area contributed by atoms with Gasteiger partial charge in [0.05, 0.1) is 12.5 Å². The number of urea groups is 1. The van der Waals surface area contributed by atoms with Crippen molar-refractivity contribution in [3.63, 3.8) is 0 Å². The second-order valence-electron chi connectivity index (χ2n) is 5.48. The molecule has 4 heteroatoms. The van der Waals surface area contributed by atoms with E-state index in [1.807, 2.05) is 31.2 Å². The van der Waals surface area contributed by atoms with Crippen molar-refractivity contribution < 1.29 is 4.79 Å². The number of hydrogen-bond acceptors (Lipinski definition) is 2. The minimum atomic E-state index is -0.108. The van der Waals surface area contributed by atoms with E-state index < -0.39 is 0 Å². The average molecular weight is 271 g/mol. The molecule has 1 aliphatic rings. The smallest absolute Gasteiger partial charge is 0.321 e. The van der Waals surface area contributed by atoms with Crippen molar-refractivity contribution in [1.29, 1.82) is 5.26 Å². The van der Waals surface area contributed by atoms with E-state index in [0.29, 0.717) is 18.9 Å². The first kappa shape index (κ1) is 14.4. The highest BCUT2D eigenvalue weighted by atomic mass is 16.2. The highest BCUT2D eigenvalue weighted by Gasteiger charge is 2.34. The molecular formula is C16H21N3O. The molecule has 4 nitrogen and oxygen atoms in total. The summed E-state index contributed by atoms with van der Waals surface area (Å²) in [7, 11) is 0. The van der Waals surface area contributed by atoms with Crippen LogP contribution in [0.3, 0.4) is 0 Å². The summed E-state index contributed by atoms with van der Waals surface area (Å²) in [4.78, 5) is 14.2. The molecule has 1 aromatic rings. The van der Waals surface area contributed by atoms with Gasteiger partial charge in [0.2, 0.25) is 0 Å². The lowest BCUT2D eigenvalue weighted by atomic mass is 10.2. The van der Waals surface area contributed by atoms with E-state index in [2.05, 4.69) is 18.3 Å². The minimum absolute atomic E-state index is 0.108. The molecule has 0 heterocycles. The molecule has 106 valence electrons. The van der Waals surface area contributed by atoms with Crippen molar-refractivity contribution in [3.05, 3.63) is 29.8 Å². The summed E-state index contributed by atoms with van der Waals surface area (Å²) >= 11 is 0. The van der Waals surface area contributed by atoms with Gasteiger partial charge in [-0.05, 0) is 44.7 Å². The van der Waals surface area contributed by atoms with Crippen molar-refractivity contribution in [3.8, 4) is 6.07 Å². The van der Waals surface area contributed by atoms with Gasteiger partial charge in [-0.1, -0.05) is 17.7 Å². The van der Waals surface area contributed by atoms with Gasteiger partial charge in [-0.3, -0.25) is 0 Å². The Hall–Kier alpha value is -2.02. The van der Waals surface area contributed by atoms with E-state index in [0.717, 1.165) is 11.3 Å². The molecule has 2 amide bonds. The lowest BCUT2D eigenvalue weighted by molar-refractivity contribution is 0.186. The minimum Gasteiger partial charge on any atom is -0.321 e. The summed E-state index contributed by atoms with van der Waals surface area (Å²) in [5, 5.41) is 11.7. The van der Waals surface area contributed by atoms with Crippen molar-refractivity contribution >= 4 is 11.7 Å². The van der Waals surface area contributed by atoms with Gasteiger partial charge in [0.15, 0.2) is 0 Å². The first-order chi connectivity index (χ1) is 9.61. The van der Waals surface area contributed by atoms with Crippen LogP contribution in [0, 0.1) is 24.2 Å². The van der Waals surface area contributed by atoms with Crippen LogP contribution in [0.5, 0.6) is 0 Å². The molecule has 1 aromatic carbocycles. The maximum absolute atomic E-state index is 12.4. The van der Waals surface area contributed by atoms with Crippen LogP contribution in [0.25, 0.3) is 0 Å². The number of amides is 2. The Labute approximate surface area is 120 Å². The van der Waals surface area contributed by atoms with Gasteiger partial charge in [0, 0.05) is 18.3 Å². The van der Waals surface area contributed by atoms with Crippen LogP contribution in [-0.4, -0.2) is 23.5 Å². The fourth-order valence-electron chi connectivity index (χ4n) is 2.33. The molecule has 1 aliphatic carbocycles. The predicted molar refractivity (Wildman–Crippen MR) is 79.3 cm³/mol. The number of nitrogens with zero attached hydrogens (tertiary/aromatic N) is 2.